The molecular weight excluding hydrogens is 375 g/mol. The number of ether oxygens (including phenoxy) is 2. The summed E-state index contributed by atoms with van der Waals surface area (Å²) in [7, 11) is 4.47. The summed E-state index contributed by atoms with van der Waals surface area (Å²) in [5, 5.41) is 3.26. The fourth-order valence-corrected chi connectivity index (χ4v) is 2.92. The van der Waals surface area contributed by atoms with E-state index in [1.807, 2.05) is 0 Å². The van der Waals surface area contributed by atoms with Crippen molar-refractivity contribution in [1.82, 2.24) is 4.57 Å². The lowest BCUT2D eigenvalue weighted by molar-refractivity contribution is 0.102. The van der Waals surface area contributed by atoms with Crippen molar-refractivity contribution in [2.75, 3.05) is 19.5 Å². The van der Waals surface area contributed by atoms with Crippen LogP contribution >= 0.6 is 11.6 Å². The van der Waals surface area contributed by atoms with Crippen molar-refractivity contribution in [2.45, 2.75) is 0 Å². The summed E-state index contributed by atoms with van der Waals surface area (Å²) in [6.45, 7) is 0. The Balaban J connectivity index is 2.14. The summed E-state index contributed by atoms with van der Waals surface area (Å²) < 4.78 is 25.1. The summed E-state index contributed by atoms with van der Waals surface area (Å²) in [6, 6.07) is 6.96. The molecule has 0 aliphatic carbocycles. The number of hydrogen-bond acceptors (Lipinski definition) is 4. The minimum Gasteiger partial charge on any atom is -0.493 e. The number of benzene rings is 2. The first-order chi connectivity index (χ1) is 12.8. The number of fused-ring (bicyclic) bond motifs is 1. The molecule has 8 heteroatoms. The van der Waals surface area contributed by atoms with Crippen LogP contribution in [0.15, 0.2) is 41.3 Å². The third-order valence-corrected chi connectivity index (χ3v) is 4.40. The second-order valence-corrected chi connectivity index (χ2v) is 6.20. The van der Waals surface area contributed by atoms with Crippen molar-refractivity contribution in [3.8, 4) is 11.5 Å². The Kier molecular flexibility index (Phi) is 5.05. The average Bonchev–Trinajstić information content (AvgIpc) is 2.66. The number of carbonyl (C=O) groups is 1. The number of nitrogens with one attached hydrogen (secondary N) is 1. The zero-order chi connectivity index (χ0) is 19.7. The summed E-state index contributed by atoms with van der Waals surface area (Å²) in [5.41, 5.74) is 0.287. The molecule has 27 heavy (non-hydrogen) atoms. The number of aromatic nitrogens is 1. The van der Waals surface area contributed by atoms with Crippen LogP contribution in [0.1, 0.15) is 10.4 Å². The lowest BCUT2D eigenvalue weighted by Crippen LogP contribution is -2.21. The van der Waals surface area contributed by atoms with Gasteiger partial charge in [-0.25, -0.2) is 4.39 Å². The van der Waals surface area contributed by atoms with Crippen LogP contribution in [-0.4, -0.2) is 24.7 Å². The molecule has 0 fully saturated rings. The van der Waals surface area contributed by atoms with Crippen LogP contribution in [0.5, 0.6) is 11.5 Å². The van der Waals surface area contributed by atoms with Crippen LogP contribution in [0.2, 0.25) is 5.02 Å². The van der Waals surface area contributed by atoms with Gasteiger partial charge in [-0.2, -0.15) is 0 Å². The molecule has 0 aliphatic heterocycles. The van der Waals surface area contributed by atoms with Crippen molar-refractivity contribution in [2.24, 2.45) is 7.05 Å². The Morgan fingerprint density at radius 1 is 1.11 bits per heavy atom. The molecule has 1 heterocycles. The minimum atomic E-state index is -0.584. The minimum absolute atomic E-state index is 0.107. The zero-order valence-corrected chi connectivity index (χ0v) is 15.6. The van der Waals surface area contributed by atoms with E-state index in [2.05, 4.69) is 5.32 Å². The smallest absolute Gasteiger partial charge is 0.258 e. The van der Waals surface area contributed by atoms with Gasteiger partial charge in [0.1, 0.15) is 5.82 Å². The fraction of sp³-hybridized carbons (Fsp3) is 0.158. The van der Waals surface area contributed by atoms with Crippen molar-refractivity contribution in [3.63, 3.8) is 0 Å². The van der Waals surface area contributed by atoms with Crippen LogP contribution in [-0.2, 0) is 7.05 Å². The Bertz CT molecular complexity index is 1110. The predicted molar refractivity (Wildman–Crippen MR) is 102 cm³/mol. The van der Waals surface area contributed by atoms with Crippen LogP contribution in [0.25, 0.3) is 10.8 Å². The molecule has 0 bridgehead atoms. The number of anilines is 1. The predicted octanol–water partition coefficient (Wildman–Crippen LogP) is 3.60. The van der Waals surface area contributed by atoms with E-state index in [1.165, 1.54) is 43.2 Å². The maximum Gasteiger partial charge on any atom is 0.258 e. The number of methoxy groups -OCH3 is 2. The van der Waals surface area contributed by atoms with Gasteiger partial charge in [-0.15, -0.1) is 0 Å². The molecule has 3 rings (SSSR count). The number of aryl methyl sites for hydroxylation is 1. The van der Waals surface area contributed by atoms with Crippen LogP contribution in [0.4, 0.5) is 10.1 Å². The van der Waals surface area contributed by atoms with E-state index in [-0.39, 0.29) is 16.1 Å². The highest BCUT2D eigenvalue weighted by Gasteiger charge is 2.18. The van der Waals surface area contributed by atoms with E-state index < -0.39 is 11.7 Å². The molecule has 2 aromatic carbocycles. The number of hydrogen-bond donors (Lipinski definition) is 1. The Morgan fingerprint density at radius 3 is 2.33 bits per heavy atom. The fourth-order valence-electron chi connectivity index (χ4n) is 2.74. The molecule has 3 aromatic rings. The number of pyridine rings is 1. The standard InChI is InChI=1S/C19H16ClFN2O4/c1-23-9-13(18(24)22-10-4-5-15(21)14(20)6-10)11-7-16(26-2)17(27-3)8-12(11)19(23)25/h4-9H,1-3H3,(H,22,24). The maximum atomic E-state index is 13.3. The van der Waals surface area contributed by atoms with Crippen LogP contribution in [0, 0.1) is 5.82 Å². The largest absolute Gasteiger partial charge is 0.493 e. The van der Waals surface area contributed by atoms with Crippen LogP contribution in [0.3, 0.4) is 0 Å². The lowest BCUT2D eigenvalue weighted by Gasteiger charge is -2.13. The maximum absolute atomic E-state index is 13.3. The van der Waals surface area contributed by atoms with Crippen molar-refractivity contribution >= 4 is 34.0 Å². The monoisotopic (exact) mass is 390 g/mol. The summed E-state index contributed by atoms with van der Waals surface area (Å²) >= 11 is 5.76. The average molecular weight is 391 g/mol. The van der Waals surface area contributed by atoms with E-state index >= 15 is 0 Å². The second kappa shape index (κ2) is 7.28. The highest BCUT2D eigenvalue weighted by molar-refractivity contribution is 6.31. The van der Waals surface area contributed by atoms with Crippen molar-refractivity contribution in [3.05, 3.63) is 63.3 Å². The number of rotatable bonds is 4. The number of halogens is 2. The van der Waals surface area contributed by atoms with Gasteiger partial charge in [-0.05, 0) is 30.3 Å². The van der Waals surface area contributed by atoms with Gasteiger partial charge >= 0.3 is 0 Å². The third-order valence-electron chi connectivity index (χ3n) is 4.11. The van der Waals surface area contributed by atoms with Gasteiger partial charge in [0.2, 0.25) is 0 Å². The highest BCUT2D eigenvalue weighted by Crippen LogP contribution is 2.32. The number of nitrogens with zero attached hydrogens (tertiary/aromatic N) is 1. The molecule has 0 aliphatic rings. The van der Waals surface area contributed by atoms with Gasteiger partial charge in [0.25, 0.3) is 11.5 Å². The summed E-state index contributed by atoms with van der Waals surface area (Å²) in [5.74, 6) is -0.299. The van der Waals surface area contributed by atoms with Gasteiger partial charge < -0.3 is 19.4 Å². The molecule has 1 N–H and O–H groups in total. The van der Waals surface area contributed by atoms with Gasteiger partial charge in [-0.3, -0.25) is 9.59 Å². The first-order valence-corrected chi connectivity index (χ1v) is 8.25. The molecule has 0 radical (unpaired) electrons. The number of carbonyl (C=O) groups excluding carboxylic acids is 1. The first-order valence-electron chi connectivity index (χ1n) is 7.87. The molecule has 0 saturated heterocycles. The molecule has 0 saturated carbocycles. The SMILES string of the molecule is COc1cc2c(C(=O)Nc3ccc(F)c(Cl)c3)cn(C)c(=O)c2cc1OC. The topological polar surface area (TPSA) is 69.6 Å². The Hall–Kier alpha value is -3.06. The van der Waals surface area contributed by atoms with Gasteiger partial charge in [0, 0.05) is 24.3 Å². The molecule has 1 amide bonds. The summed E-state index contributed by atoms with van der Waals surface area (Å²) in [6.07, 6.45) is 1.43. The first kappa shape index (κ1) is 18.7. The molecule has 0 unspecified atom stereocenters. The zero-order valence-electron chi connectivity index (χ0n) is 14.8. The Labute approximate surface area is 159 Å². The van der Waals surface area contributed by atoms with E-state index in [0.717, 1.165) is 6.07 Å². The van der Waals surface area contributed by atoms with Crippen LogP contribution < -0.4 is 20.3 Å². The van der Waals surface area contributed by atoms with E-state index in [0.29, 0.717) is 28.0 Å². The molecule has 1 aromatic heterocycles. The normalized spacial score (nSPS) is 10.7. The summed E-state index contributed by atoms with van der Waals surface area (Å²) in [4.78, 5) is 25.3. The molecule has 140 valence electrons. The van der Waals surface area contributed by atoms with E-state index in [9.17, 15) is 14.0 Å². The quantitative estimate of drug-likeness (QED) is 0.739. The molecule has 0 spiro atoms. The number of amides is 1. The van der Waals surface area contributed by atoms with Gasteiger partial charge in [0.05, 0.1) is 30.2 Å². The van der Waals surface area contributed by atoms with Gasteiger partial charge in [-0.1, -0.05) is 11.6 Å². The van der Waals surface area contributed by atoms with E-state index in [1.54, 1.807) is 13.1 Å². The van der Waals surface area contributed by atoms with E-state index in [4.69, 9.17) is 21.1 Å². The second-order valence-electron chi connectivity index (χ2n) is 5.79. The highest BCUT2D eigenvalue weighted by atomic mass is 35.5. The van der Waals surface area contributed by atoms with Crippen molar-refractivity contribution < 1.29 is 18.7 Å². The molecule has 6 nitrogen and oxygen atoms in total. The Morgan fingerprint density at radius 2 is 1.74 bits per heavy atom. The third kappa shape index (κ3) is 3.46. The molecular formula is C19H16ClFN2O4. The molecule has 0 atom stereocenters. The van der Waals surface area contributed by atoms with Gasteiger partial charge in [0.15, 0.2) is 11.5 Å². The lowest BCUT2D eigenvalue weighted by atomic mass is 10.1. The van der Waals surface area contributed by atoms with Crippen molar-refractivity contribution in [1.29, 1.82) is 0 Å².